The number of hydrogen-bond acceptors (Lipinski definition) is 5. The number of carbonyl (C=O) groups is 1. The standard InChI is InChI=1S/C12H14ClN5O2/c13-8-1-3-9(4-2-8)15-11(12(14)20)10-7-18(5-6-19)17-16-10/h1-4,7,11,15,19H,5-6H2,(H2,14,20). The minimum atomic E-state index is -0.802. The number of hydrogen-bond donors (Lipinski definition) is 3. The summed E-state index contributed by atoms with van der Waals surface area (Å²) < 4.78 is 1.44. The fourth-order valence-corrected chi connectivity index (χ4v) is 1.79. The number of nitrogens with one attached hydrogen (secondary N) is 1. The van der Waals surface area contributed by atoms with Gasteiger partial charge >= 0.3 is 0 Å². The first-order valence-electron chi connectivity index (χ1n) is 5.92. The van der Waals surface area contributed by atoms with Crippen LogP contribution in [0.5, 0.6) is 0 Å². The van der Waals surface area contributed by atoms with Gasteiger partial charge in [0, 0.05) is 10.7 Å². The Morgan fingerprint density at radius 2 is 2.15 bits per heavy atom. The Balaban J connectivity index is 2.17. The van der Waals surface area contributed by atoms with Gasteiger partial charge in [-0.25, -0.2) is 4.68 Å². The highest BCUT2D eigenvalue weighted by molar-refractivity contribution is 6.30. The average molecular weight is 296 g/mol. The number of anilines is 1. The molecule has 20 heavy (non-hydrogen) atoms. The SMILES string of the molecule is NC(=O)C(Nc1ccc(Cl)cc1)c1cn(CCO)nn1. The molecule has 1 aromatic carbocycles. The zero-order chi connectivity index (χ0) is 14.5. The monoisotopic (exact) mass is 295 g/mol. The second-order valence-corrected chi connectivity index (χ2v) is 4.55. The van der Waals surface area contributed by atoms with Crippen LogP contribution in [0.2, 0.25) is 5.02 Å². The highest BCUT2D eigenvalue weighted by Crippen LogP contribution is 2.19. The number of amides is 1. The van der Waals surface area contributed by atoms with Gasteiger partial charge in [0.1, 0.15) is 5.69 Å². The van der Waals surface area contributed by atoms with E-state index in [4.69, 9.17) is 22.4 Å². The molecule has 0 spiro atoms. The molecule has 0 aliphatic rings. The van der Waals surface area contributed by atoms with Crippen LogP contribution in [-0.2, 0) is 11.3 Å². The zero-order valence-corrected chi connectivity index (χ0v) is 11.3. The first kappa shape index (κ1) is 14.3. The van der Waals surface area contributed by atoms with Crippen LogP contribution in [-0.4, -0.2) is 32.6 Å². The molecule has 1 aromatic heterocycles. The summed E-state index contributed by atoms with van der Waals surface area (Å²) in [5.74, 6) is -0.573. The Morgan fingerprint density at radius 3 is 2.75 bits per heavy atom. The molecule has 2 rings (SSSR count). The fraction of sp³-hybridized carbons (Fsp3) is 0.250. The van der Waals surface area contributed by atoms with Crippen molar-refractivity contribution in [1.29, 1.82) is 0 Å². The van der Waals surface area contributed by atoms with Crippen molar-refractivity contribution in [2.75, 3.05) is 11.9 Å². The Bertz CT molecular complexity index is 584. The predicted molar refractivity (Wildman–Crippen MR) is 74.1 cm³/mol. The van der Waals surface area contributed by atoms with E-state index >= 15 is 0 Å². The number of aliphatic hydroxyl groups is 1. The summed E-state index contributed by atoms with van der Waals surface area (Å²) in [6.07, 6.45) is 1.56. The molecule has 0 radical (unpaired) electrons. The van der Waals surface area contributed by atoms with Gasteiger partial charge in [0.2, 0.25) is 5.91 Å². The molecule has 0 fully saturated rings. The van der Waals surface area contributed by atoms with E-state index in [1.54, 1.807) is 30.5 Å². The van der Waals surface area contributed by atoms with E-state index in [9.17, 15) is 4.79 Å². The van der Waals surface area contributed by atoms with Crippen molar-refractivity contribution in [2.45, 2.75) is 12.6 Å². The molecule has 8 heteroatoms. The second kappa shape index (κ2) is 6.36. The molecule has 0 bridgehead atoms. The van der Waals surface area contributed by atoms with Crippen LogP contribution in [0.15, 0.2) is 30.5 Å². The Labute approximate surface area is 120 Å². The molecule has 1 atom stereocenters. The van der Waals surface area contributed by atoms with Crippen molar-refractivity contribution in [3.63, 3.8) is 0 Å². The summed E-state index contributed by atoms with van der Waals surface area (Å²) in [5, 5.41) is 20.1. The van der Waals surface area contributed by atoms with E-state index in [2.05, 4.69) is 15.6 Å². The molecule has 1 unspecified atom stereocenters. The van der Waals surface area contributed by atoms with Crippen LogP contribution < -0.4 is 11.1 Å². The molecule has 7 nitrogen and oxygen atoms in total. The molecule has 0 aliphatic carbocycles. The van der Waals surface area contributed by atoms with Crippen LogP contribution in [0, 0.1) is 0 Å². The molecular weight excluding hydrogens is 282 g/mol. The van der Waals surface area contributed by atoms with Crippen molar-refractivity contribution >= 4 is 23.2 Å². The molecule has 0 saturated carbocycles. The van der Waals surface area contributed by atoms with Gasteiger partial charge in [-0.2, -0.15) is 0 Å². The summed E-state index contributed by atoms with van der Waals surface area (Å²) in [5.41, 5.74) is 6.46. The van der Waals surface area contributed by atoms with Gasteiger partial charge in [-0.15, -0.1) is 5.10 Å². The highest BCUT2D eigenvalue weighted by Gasteiger charge is 2.21. The minimum absolute atomic E-state index is 0.0609. The van der Waals surface area contributed by atoms with Crippen molar-refractivity contribution in [2.24, 2.45) is 5.73 Å². The lowest BCUT2D eigenvalue weighted by atomic mass is 10.2. The van der Waals surface area contributed by atoms with E-state index in [0.717, 1.165) is 0 Å². The Hall–Kier alpha value is -2.12. The third-order valence-electron chi connectivity index (χ3n) is 2.62. The van der Waals surface area contributed by atoms with Gasteiger partial charge < -0.3 is 16.2 Å². The van der Waals surface area contributed by atoms with E-state index in [0.29, 0.717) is 22.9 Å². The number of aromatic nitrogens is 3. The van der Waals surface area contributed by atoms with Gasteiger partial charge in [-0.1, -0.05) is 16.8 Å². The lowest BCUT2D eigenvalue weighted by Crippen LogP contribution is -2.28. The highest BCUT2D eigenvalue weighted by atomic mass is 35.5. The summed E-state index contributed by atoms with van der Waals surface area (Å²) in [4.78, 5) is 11.5. The lowest BCUT2D eigenvalue weighted by Gasteiger charge is -2.14. The molecular formula is C12H14ClN5O2. The summed E-state index contributed by atoms with van der Waals surface area (Å²) in [7, 11) is 0. The first-order valence-corrected chi connectivity index (χ1v) is 6.30. The Kier molecular flexibility index (Phi) is 4.54. The number of carbonyl (C=O) groups excluding carboxylic acids is 1. The maximum absolute atomic E-state index is 11.5. The third-order valence-corrected chi connectivity index (χ3v) is 2.87. The van der Waals surface area contributed by atoms with Crippen molar-refractivity contribution in [1.82, 2.24) is 15.0 Å². The number of rotatable bonds is 6. The van der Waals surface area contributed by atoms with Crippen LogP contribution in [0.25, 0.3) is 0 Å². The van der Waals surface area contributed by atoms with Gasteiger partial charge in [-0.05, 0) is 24.3 Å². The predicted octanol–water partition coefficient (Wildman–Crippen LogP) is 0.562. The first-order chi connectivity index (χ1) is 9.60. The van der Waals surface area contributed by atoms with Crippen LogP contribution in [0.4, 0.5) is 5.69 Å². The summed E-state index contributed by atoms with van der Waals surface area (Å²) in [6, 6.07) is 6.06. The topological polar surface area (TPSA) is 106 Å². The minimum Gasteiger partial charge on any atom is -0.394 e. The van der Waals surface area contributed by atoms with E-state index in [-0.39, 0.29) is 6.61 Å². The zero-order valence-electron chi connectivity index (χ0n) is 10.5. The number of aliphatic hydroxyl groups excluding tert-OH is 1. The fourth-order valence-electron chi connectivity index (χ4n) is 1.66. The van der Waals surface area contributed by atoms with Gasteiger partial charge in [0.05, 0.1) is 19.3 Å². The van der Waals surface area contributed by atoms with Crippen molar-refractivity contribution < 1.29 is 9.90 Å². The largest absolute Gasteiger partial charge is 0.394 e. The maximum atomic E-state index is 11.5. The van der Waals surface area contributed by atoms with Crippen LogP contribution in [0.1, 0.15) is 11.7 Å². The second-order valence-electron chi connectivity index (χ2n) is 4.12. The molecule has 2 aromatic rings. The molecule has 4 N–H and O–H groups in total. The van der Waals surface area contributed by atoms with E-state index in [1.165, 1.54) is 4.68 Å². The normalized spacial score (nSPS) is 12.1. The van der Waals surface area contributed by atoms with Crippen LogP contribution in [0.3, 0.4) is 0 Å². The molecule has 106 valence electrons. The van der Waals surface area contributed by atoms with Crippen LogP contribution >= 0.6 is 11.6 Å². The smallest absolute Gasteiger partial charge is 0.246 e. The molecule has 1 heterocycles. The van der Waals surface area contributed by atoms with Gasteiger partial charge in [-0.3, -0.25) is 4.79 Å². The Morgan fingerprint density at radius 1 is 1.45 bits per heavy atom. The average Bonchev–Trinajstić information content (AvgIpc) is 2.86. The number of halogens is 1. The quantitative estimate of drug-likeness (QED) is 0.722. The number of nitrogens with zero attached hydrogens (tertiary/aromatic N) is 3. The van der Waals surface area contributed by atoms with E-state index in [1.807, 2.05) is 0 Å². The van der Waals surface area contributed by atoms with E-state index < -0.39 is 11.9 Å². The molecule has 0 saturated heterocycles. The number of benzene rings is 1. The van der Waals surface area contributed by atoms with Crippen molar-refractivity contribution in [3.05, 3.63) is 41.2 Å². The molecule has 0 aliphatic heterocycles. The maximum Gasteiger partial charge on any atom is 0.246 e. The number of nitrogens with two attached hydrogens (primary N) is 1. The summed E-state index contributed by atoms with van der Waals surface area (Å²) >= 11 is 5.80. The van der Waals surface area contributed by atoms with Gasteiger partial charge in [0.15, 0.2) is 6.04 Å². The van der Waals surface area contributed by atoms with Crippen molar-refractivity contribution in [3.8, 4) is 0 Å². The summed E-state index contributed by atoms with van der Waals surface area (Å²) in [6.45, 7) is 0.244. The molecule has 1 amide bonds. The third kappa shape index (κ3) is 3.46. The number of primary amides is 1. The lowest BCUT2D eigenvalue weighted by molar-refractivity contribution is -0.118. The van der Waals surface area contributed by atoms with Gasteiger partial charge in [0.25, 0.3) is 0 Å².